The van der Waals surface area contributed by atoms with Crippen molar-refractivity contribution in [1.82, 2.24) is 15.1 Å². The molecule has 3 amide bonds. The van der Waals surface area contributed by atoms with Crippen molar-refractivity contribution in [1.29, 1.82) is 0 Å². The third-order valence-electron chi connectivity index (χ3n) is 4.90. The number of likely N-dealkylation sites (tertiary alicyclic amines) is 1. The highest BCUT2D eigenvalue weighted by Crippen LogP contribution is 2.27. The molecular formula is C19H25N3O6. The molecule has 0 radical (unpaired) electrons. The Morgan fingerprint density at radius 3 is 2.68 bits per heavy atom. The second-order valence-electron chi connectivity index (χ2n) is 6.65. The van der Waals surface area contributed by atoms with Gasteiger partial charge in [-0.15, -0.1) is 0 Å². The number of ether oxygens (including phenoxy) is 3. The molecule has 3 rings (SSSR count). The number of nitrogens with zero attached hydrogens (tertiary/aromatic N) is 2. The van der Waals surface area contributed by atoms with E-state index in [4.69, 9.17) is 14.2 Å². The van der Waals surface area contributed by atoms with Gasteiger partial charge < -0.3 is 24.4 Å². The summed E-state index contributed by atoms with van der Waals surface area (Å²) in [4.78, 5) is 39.0. The van der Waals surface area contributed by atoms with Crippen LogP contribution >= 0.6 is 0 Å². The highest BCUT2D eigenvalue weighted by atomic mass is 16.6. The van der Waals surface area contributed by atoms with E-state index >= 15 is 0 Å². The smallest absolute Gasteiger partial charge is 0.410 e. The number of urea groups is 1. The quantitative estimate of drug-likeness (QED) is 0.697. The summed E-state index contributed by atoms with van der Waals surface area (Å²) in [5.41, 5.74) is 1.08. The van der Waals surface area contributed by atoms with Crippen LogP contribution in [0.3, 0.4) is 0 Å². The SMILES string of the molecule is CCOC(=O)CNC(=O)N1C[C@H]2OC(=O)N(CCc3ccc(OC)cc3)[C@H]2C1. The Morgan fingerprint density at radius 1 is 1.25 bits per heavy atom. The van der Waals surface area contributed by atoms with E-state index in [0.717, 1.165) is 11.3 Å². The molecule has 2 atom stereocenters. The molecule has 0 aromatic heterocycles. The molecule has 1 aromatic carbocycles. The number of rotatable bonds is 7. The lowest BCUT2D eigenvalue weighted by Crippen LogP contribution is -2.44. The van der Waals surface area contributed by atoms with Crippen molar-refractivity contribution in [2.45, 2.75) is 25.5 Å². The Labute approximate surface area is 163 Å². The molecular weight excluding hydrogens is 366 g/mol. The van der Waals surface area contributed by atoms with Gasteiger partial charge in [0.05, 0.1) is 26.3 Å². The molecule has 2 aliphatic heterocycles. The van der Waals surface area contributed by atoms with E-state index in [9.17, 15) is 14.4 Å². The van der Waals surface area contributed by atoms with Gasteiger partial charge in [0.25, 0.3) is 0 Å². The first-order chi connectivity index (χ1) is 13.5. The summed E-state index contributed by atoms with van der Waals surface area (Å²) in [7, 11) is 1.62. The van der Waals surface area contributed by atoms with Crippen molar-refractivity contribution in [3.05, 3.63) is 29.8 Å². The molecule has 2 aliphatic rings. The number of esters is 1. The normalized spacial score (nSPS) is 20.6. The number of fused-ring (bicyclic) bond motifs is 1. The number of methoxy groups -OCH3 is 1. The van der Waals surface area contributed by atoms with Crippen LogP contribution < -0.4 is 10.1 Å². The molecule has 0 bridgehead atoms. The maximum Gasteiger partial charge on any atom is 0.410 e. The average molecular weight is 391 g/mol. The number of nitrogens with one attached hydrogen (secondary N) is 1. The van der Waals surface area contributed by atoms with Crippen molar-refractivity contribution in [2.75, 3.05) is 39.9 Å². The number of amides is 3. The van der Waals surface area contributed by atoms with E-state index in [0.29, 0.717) is 26.1 Å². The van der Waals surface area contributed by atoms with Gasteiger partial charge in [0.15, 0.2) is 0 Å². The average Bonchev–Trinajstić information content (AvgIpc) is 3.22. The summed E-state index contributed by atoms with van der Waals surface area (Å²) in [5, 5.41) is 2.53. The van der Waals surface area contributed by atoms with E-state index in [2.05, 4.69) is 5.32 Å². The largest absolute Gasteiger partial charge is 0.497 e. The van der Waals surface area contributed by atoms with Crippen molar-refractivity contribution < 1.29 is 28.6 Å². The molecule has 0 spiro atoms. The zero-order chi connectivity index (χ0) is 20.1. The van der Waals surface area contributed by atoms with Crippen LogP contribution in [0.25, 0.3) is 0 Å². The monoisotopic (exact) mass is 391 g/mol. The van der Waals surface area contributed by atoms with Crippen LogP contribution in [0.15, 0.2) is 24.3 Å². The first-order valence-corrected chi connectivity index (χ1v) is 9.30. The van der Waals surface area contributed by atoms with Crippen LogP contribution in [0.2, 0.25) is 0 Å². The van der Waals surface area contributed by atoms with E-state index in [1.165, 1.54) is 0 Å². The van der Waals surface area contributed by atoms with Gasteiger partial charge in [-0.3, -0.25) is 9.69 Å². The lowest BCUT2D eigenvalue weighted by molar-refractivity contribution is -0.141. The third kappa shape index (κ3) is 4.47. The predicted molar refractivity (Wildman–Crippen MR) is 99.1 cm³/mol. The van der Waals surface area contributed by atoms with Crippen LogP contribution in [-0.4, -0.2) is 79.9 Å². The zero-order valence-corrected chi connectivity index (χ0v) is 16.1. The van der Waals surface area contributed by atoms with Gasteiger partial charge in [0.1, 0.15) is 18.4 Å². The van der Waals surface area contributed by atoms with Crippen LogP contribution in [0.5, 0.6) is 5.75 Å². The summed E-state index contributed by atoms with van der Waals surface area (Å²) in [6, 6.07) is 7.13. The second kappa shape index (κ2) is 8.81. The minimum atomic E-state index is -0.484. The first kappa shape index (κ1) is 19.8. The van der Waals surface area contributed by atoms with Gasteiger partial charge in [-0.1, -0.05) is 12.1 Å². The number of hydrogen-bond acceptors (Lipinski definition) is 6. The number of carbonyl (C=O) groups excluding carboxylic acids is 3. The Bertz CT molecular complexity index is 723. The van der Waals surface area contributed by atoms with Crippen LogP contribution in [-0.2, 0) is 20.7 Å². The Hall–Kier alpha value is -2.97. The Morgan fingerprint density at radius 2 is 2.00 bits per heavy atom. The molecule has 2 heterocycles. The van der Waals surface area contributed by atoms with Gasteiger partial charge in [-0.2, -0.15) is 0 Å². The van der Waals surface area contributed by atoms with Crippen LogP contribution in [0.4, 0.5) is 9.59 Å². The Balaban J connectivity index is 1.51. The van der Waals surface area contributed by atoms with E-state index in [1.807, 2.05) is 24.3 Å². The molecule has 2 fully saturated rings. The molecule has 9 heteroatoms. The molecule has 9 nitrogen and oxygen atoms in total. The summed E-state index contributed by atoms with van der Waals surface area (Å²) in [5.74, 6) is 0.299. The molecule has 2 saturated heterocycles. The van der Waals surface area contributed by atoms with Crippen molar-refractivity contribution in [3.63, 3.8) is 0 Å². The molecule has 152 valence electrons. The molecule has 0 unspecified atom stereocenters. The predicted octanol–water partition coefficient (Wildman–Crippen LogP) is 1.02. The lowest BCUT2D eigenvalue weighted by Gasteiger charge is -2.22. The van der Waals surface area contributed by atoms with Crippen molar-refractivity contribution in [3.8, 4) is 5.75 Å². The fraction of sp³-hybridized carbons (Fsp3) is 0.526. The summed E-state index contributed by atoms with van der Waals surface area (Å²) in [6.07, 6.45) is -0.0241. The van der Waals surface area contributed by atoms with Crippen LogP contribution in [0.1, 0.15) is 12.5 Å². The highest BCUT2D eigenvalue weighted by molar-refractivity contribution is 5.81. The summed E-state index contributed by atoms with van der Waals surface area (Å²) >= 11 is 0. The van der Waals surface area contributed by atoms with E-state index in [-0.39, 0.29) is 37.4 Å². The van der Waals surface area contributed by atoms with Crippen molar-refractivity contribution in [2.24, 2.45) is 0 Å². The molecule has 1 N–H and O–H groups in total. The number of carbonyl (C=O) groups is 3. The van der Waals surface area contributed by atoms with E-state index < -0.39 is 5.97 Å². The highest BCUT2D eigenvalue weighted by Gasteiger charge is 2.48. The zero-order valence-electron chi connectivity index (χ0n) is 16.1. The summed E-state index contributed by atoms with van der Waals surface area (Å²) in [6.45, 7) is 2.97. The fourth-order valence-corrected chi connectivity index (χ4v) is 3.44. The van der Waals surface area contributed by atoms with Gasteiger partial charge in [0, 0.05) is 13.1 Å². The molecule has 0 saturated carbocycles. The molecule has 28 heavy (non-hydrogen) atoms. The van der Waals surface area contributed by atoms with Gasteiger partial charge in [-0.25, -0.2) is 9.59 Å². The molecule has 0 aliphatic carbocycles. The van der Waals surface area contributed by atoms with Crippen molar-refractivity contribution >= 4 is 18.1 Å². The minimum Gasteiger partial charge on any atom is -0.497 e. The van der Waals surface area contributed by atoms with Gasteiger partial charge in [0.2, 0.25) is 0 Å². The number of benzene rings is 1. The van der Waals surface area contributed by atoms with Gasteiger partial charge in [-0.05, 0) is 31.0 Å². The second-order valence-corrected chi connectivity index (χ2v) is 6.65. The van der Waals surface area contributed by atoms with Crippen LogP contribution in [0, 0.1) is 0 Å². The van der Waals surface area contributed by atoms with E-state index in [1.54, 1.807) is 23.8 Å². The first-order valence-electron chi connectivity index (χ1n) is 9.30. The topological polar surface area (TPSA) is 97.4 Å². The maximum absolute atomic E-state index is 12.2. The summed E-state index contributed by atoms with van der Waals surface area (Å²) < 4.78 is 15.4. The third-order valence-corrected chi connectivity index (χ3v) is 4.90. The Kier molecular flexibility index (Phi) is 6.23. The van der Waals surface area contributed by atoms with Gasteiger partial charge >= 0.3 is 18.1 Å². The lowest BCUT2D eigenvalue weighted by atomic mass is 10.1. The fourth-order valence-electron chi connectivity index (χ4n) is 3.44. The minimum absolute atomic E-state index is 0.181. The number of hydrogen-bond donors (Lipinski definition) is 1. The maximum atomic E-state index is 12.2. The molecule has 1 aromatic rings. The standard InChI is InChI=1S/C19H25N3O6/c1-3-27-17(23)10-20-18(24)21-11-15-16(12-21)28-19(25)22(15)9-8-13-4-6-14(26-2)7-5-13/h4-7,15-16H,3,8-12H2,1-2H3,(H,20,24)/t15-,16+/m0/s1.